The topological polar surface area (TPSA) is 220 Å². The molecule has 2 aromatic carbocycles. The van der Waals surface area contributed by atoms with Crippen LogP contribution in [0.1, 0.15) is 41.0 Å². The van der Waals surface area contributed by atoms with Crippen LogP contribution in [0.4, 0.5) is 0 Å². The van der Waals surface area contributed by atoms with E-state index in [9.17, 15) is 9.59 Å². The molecule has 0 amide bonds. The highest BCUT2D eigenvalue weighted by atomic mass is 79.9. The highest BCUT2D eigenvalue weighted by Crippen LogP contribution is 2.14. The number of nitrogens with one attached hydrogen (secondary N) is 11. The highest BCUT2D eigenvalue weighted by molar-refractivity contribution is 9.09. The van der Waals surface area contributed by atoms with Gasteiger partial charge in [-0.05, 0) is 61.4 Å². The molecule has 6 heterocycles. The molecule has 0 radical (unpaired) electrons. The normalized spacial score (nSPS) is 23.2. The molecule has 6 aliphatic heterocycles. The quantitative estimate of drug-likeness (QED) is 0.0781. The molecule has 2 aromatic rings. The first-order valence-electron chi connectivity index (χ1n) is 30.6. The van der Waals surface area contributed by atoms with Gasteiger partial charge in [0.2, 0.25) is 0 Å². The summed E-state index contributed by atoms with van der Waals surface area (Å²) < 4.78 is 20.8. The lowest BCUT2D eigenvalue weighted by Crippen LogP contribution is -2.46. The summed E-state index contributed by atoms with van der Waals surface area (Å²) in [6, 6.07) is 14.1. The van der Waals surface area contributed by atoms with Gasteiger partial charge in [-0.2, -0.15) is 0 Å². The molecule has 82 heavy (non-hydrogen) atoms. The van der Waals surface area contributed by atoms with Crippen molar-refractivity contribution in [3.05, 3.63) is 59.7 Å². The number of halogens is 1. The molecular formula is C59H113BrN16O6. The number of ether oxygens (including phenoxy) is 4. The Kier molecular flexibility index (Phi) is 45.5. The summed E-state index contributed by atoms with van der Waals surface area (Å²) in [7, 11) is 2.76. The number of hydrogen-bond acceptors (Lipinski definition) is 22. The van der Waals surface area contributed by atoms with E-state index < -0.39 is 0 Å². The number of alkyl halides is 1. The zero-order valence-electron chi connectivity index (χ0n) is 49.9. The van der Waals surface area contributed by atoms with Gasteiger partial charge in [0.05, 0.1) is 38.6 Å². The molecule has 23 heteroatoms. The Morgan fingerprint density at radius 2 is 0.622 bits per heavy atom. The van der Waals surface area contributed by atoms with E-state index in [-0.39, 0.29) is 19.4 Å². The molecule has 0 unspecified atom stereocenters. The van der Waals surface area contributed by atoms with Crippen LogP contribution in [0.5, 0.6) is 11.5 Å². The van der Waals surface area contributed by atoms with Gasteiger partial charge >= 0.3 is 11.9 Å². The van der Waals surface area contributed by atoms with Crippen LogP contribution in [0.2, 0.25) is 0 Å². The molecule has 8 rings (SSSR count). The lowest BCUT2D eigenvalue weighted by Gasteiger charge is -2.29. The maximum absolute atomic E-state index is 11.6. The number of carbonyl (C=O) groups is 2. The monoisotopic (exact) mass is 1220 g/mol. The first kappa shape index (κ1) is 73.1. The van der Waals surface area contributed by atoms with Crippen LogP contribution in [-0.2, 0) is 9.47 Å². The van der Waals surface area contributed by atoms with Crippen LogP contribution in [0, 0.1) is 0 Å². The molecule has 0 aromatic heterocycles. The average Bonchev–Trinajstić information content (AvgIpc) is 3.53. The SMILES string of the molecule is C.C1CNCCN2CCNCCNCCN(CCN1)CCNCCNCC2.COC(=O)c1ccc(OCCCBr)cc1.COC(=O)c1ccc(OCCCN2CCNCCN3CCNCCNCCN(CCNCCNCC3)CC2)cc1. The summed E-state index contributed by atoms with van der Waals surface area (Å²) in [6.07, 6.45) is 1.91. The second kappa shape index (κ2) is 51.1. The summed E-state index contributed by atoms with van der Waals surface area (Å²) in [5.74, 6) is 0.888. The van der Waals surface area contributed by atoms with Crippen LogP contribution >= 0.6 is 15.9 Å². The third kappa shape index (κ3) is 37.3. The smallest absolute Gasteiger partial charge is 0.337 e. The maximum Gasteiger partial charge on any atom is 0.337 e. The number of benzene rings is 2. The largest absolute Gasteiger partial charge is 0.494 e. The summed E-state index contributed by atoms with van der Waals surface area (Å²) in [5.41, 5.74) is 1.07. The molecule has 4 bridgehead atoms. The van der Waals surface area contributed by atoms with E-state index in [4.69, 9.17) is 14.2 Å². The van der Waals surface area contributed by atoms with Crippen molar-refractivity contribution in [3.8, 4) is 11.5 Å². The molecule has 6 fully saturated rings. The minimum atomic E-state index is -0.331. The fraction of sp³-hybridized carbons (Fsp3) is 0.763. The lowest BCUT2D eigenvalue weighted by molar-refractivity contribution is 0.0591. The molecule has 0 spiro atoms. The number of nitrogens with zero attached hydrogens (tertiary/aromatic N) is 5. The Morgan fingerprint density at radius 3 is 0.902 bits per heavy atom. The number of carbonyl (C=O) groups excluding carboxylic acids is 2. The van der Waals surface area contributed by atoms with E-state index in [2.05, 4.69) is 104 Å². The number of fused-ring (bicyclic) bond motifs is 42. The van der Waals surface area contributed by atoms with Crippen LogP contribution in [-0.4, -0.2) is 311 Å². The predicted octanol–water partition coefficient (Wildman–Crippen LogP) is -0.448. The van der Waals surface area contributed by atoms with Gasteiger partial charge in [0, 0.05) is 247 Å². The van der Waals surface area contributed by atoms with Gasteiger partial charge in [0.15, 0.2) is 0 Å². The Bertz CT molecular complexity index is 1710. The summed E-state index contributed by atoms with van der Waals surface area (Å²) in [5, 5.41) is 40.6. The van der Waals surface area contributed by atoms with Gasteiger partial charge in [0.1, 0.15) is 11.5 Å². The minimum Gasteiger partial charge on any atom is -0.494 e. The van der Waals surface area contributed by atoms with Crippen LogP contribution < -0.4 is 68.0 Å². The predicted molar refractivity (Wildman–Crippen MR) is 340 cm³/mol. The first-order valence-corrected chi connectivity index (χ1v) is 31.7. The number of hydrogen-bond donors (Lipinski definition) is 11. The number of rotatable bonds is 11. The van der Waals surface area contributed by atoms with Gasteiger partial charge in [-0.3, -0.25) is 19.6 Å². The van der Waals surface area contributed by atoms with E-state index in [0.717, 1.165) is 272 Å². The third-order valence-corrected chi connectivity index (χ3v) is 14.9. The second-order valence-electron chi connectivity index (χ2n) is 20.6. The van der Waals surface area contributed by atoms with Crippen molar-refractivity contribution in [2.45, 2.75) is 20.3 Å². The maximum atomic E-state index is 11.6. The molecule has 0 aliphatic carbocycles. The molecule has 6 aliphatic rings. The van der Waals surface area contributed by atoms with Crippen molar-refractivity contribution in [2.24, 2.45) is 0 Å². The summed E-state index contributed by atoms with van der Waals surface area (Å²) in [4.78, 5) is 35.6. The Morgan fingerprint density at radius 1 is 0.366 bits per heavy atom. The fourth-order valence-corrected chi connectivity index (χ4v) is 9.63. The van der Waals surface area contributed by atoms with Crippen molar-refractivity contribution < 1.29 is 28.5 Å². The number of methoxy groups -OCH3 is 2. The molecule has 0 saturated carbocycles. The third-order valence-electron chi connectivity index (χ3n) is 14.4. The van der Waals surface area contributed by atoms with Gasteiger partial charge in [-0.15, -0.1) is 0 Å². The Hall–Kier alpha value is -3.18. The van der Waals surface area contributed by atoms with Gasteiger partial charge in [-0.1, -0.05) is 23.4 Å². The molecule has 6 saturated heterocycles. The average molecular weight is 1220 g/mol. The fourth-order valence-electron chi connectivity index (χ4n) is 9.40. The molecule has 22 nitrogen and oxygen atoms in total. The number of esters is 2. The van der Waals surface area contributed by atoms with Crippen molar-refractivity contribution in [1.29, 1.82) is 0 Å². The van der Waals surface area contributed by atoms with E-state index in [1.165, 1.54) is 14.2 Å². The van der Waals surface area contributed by atoms with Crippen LogP contribution in [0.15, 0.2) is 48.5 Å². The van der Waals surface area contributed by atoms with Crippen molar-refractivity contribution >= 4 is 27.9 Å². The van der Waals surface area contributed by atoms with E-state index in [1.54, 1.807) is 36.4 Å². The summed E-state index contributed by atoms with van der Waals surface area (Å²) in [6.45, 7) is 40.3. The Labute approximate surface area is 503 Å². The molecule has 472 valence electrons. The van der Waals surface area contributed by atoms with E-state index in [1.807, 2.05) is 12.1 Å². The first-order chi connectivity index (χ1) is 40.0. The van der Waals surface area contributed by atoms with Crippen LogP contribution in [0.3, 0.4) is 0 Å². The zero-order chi connectivity index (χ0) is 57.3. The van der Waals surface area contributed by atoms with E-state index in [0.29, 0.717) is 24.3 Å². The van der Waals surface area contributed by atoms with Crippen LogP contribution in [0.25, 0.3) is 0 Å². The minimum absolute atomic E-state index is 0. The molecule has 0 atom stereocenters. The van der Waals surface area contributed by atoms with Gasteiger partial charge in [-0.25, -0.2) is 9.59 Å². The zero-order valence-corrected chi connectivity index (χ0v) is 51.5. The lowest BCUT2D eigenvalue weighted by atomic mass is 10.2. The van der Waals surface area contributed by atoms with Gasteiger partial charge < -0.3 is 82.3 Å². The van der Waals surface area contributed by atoms with Crippen molar-refractivity contribution in [2.75, 3.05) is 275 Å². The van der Waals surface area contributed by atoms with Crippen molar-refractivity contribution in [1.82, 2.24) is 83.0 Å². The van der Waals surface area contributed by atoms with Crippen molar-refractivity contribution in [3.63, 3.8) is 0 Å². The standard InChI is InChI=1S/C29H54N8O3.C18H42N8.C11H13BrO3.CH4/c1-39-29(38)27-3-5-28(6-4-27)40-26-2-17-35-18-15-34-16-21-36-19-11-30-7-9-32-13-22-37(25-24-35)23-14-33-10-8-31-12-20-36;1-2-20-8-14-26-17-11-23-5-3-21-9-15-25(13-7-19-1)16-10-22-4-6-24-12-18-26;1-14-11(13)9-3-5-10(6-4-9)15-8-2-7-12;/h3-6,30-34H,2,7-26H2,1H3;19-24H,1-18H2;3-6H,2,7-8H2,1H3;1H4. The second-order valence-corrected chi connectivity index (χ2v) is 21.4. The highest BCUT2D eigenvalue weighted by Gasteiger charge is 2.14. The Balaban J connectivity index is 0.000000358. The molecule has 11 N–H and O–H groups in total. The molecular weight excluding hydrogens is 1110 g/mol. The summed E-state index contributed by atoms with van der Waals surface area (Å²) >= 11 is 3.32. The van der Waals surface area contributed by atoms with E-state index >= 15 is 0 Å². The van der Waals surface area contributed by atoms with Gasteiger partial charge in [0.25, 0.3) is 0 Å².